The first kappa shape index (κ1) is 18.6. The lowest BCUT2D eigenvalue weighted by atomic mass is 10.0. The van der Waals surface area contributed by atoms with E-state index < -0.39 is 0 Å². The van der Waals surface area contributed by atoms with Gasteiger partial charge in [-0.3, -0.25) is 4.79 Å². The predicted molar refractivity (Wildman–Crippen MR) is 98.9 cm³/mol. The number of rotatable bonds is 7. The summed E-state index contributed by atoms with van der Waals surface area (Å²) in [4.78, 5) is 12.2. The normalized spacial score (nSPS) is 10.5. The van der Waals surface area contributed by atoms with Gasteiger partial charge in [0, 0.05) is 23.9 Å². The first-order valence-corrected chi connectivity index (χ1v) is 8.19. The zero-order valence-electron chi connectivity index (χ0n) is 15.4. The molecule has 0 radical (unpaired) electrons. The molecule has 5 nitrogen and oxygen atoms in total. The highest BCUT2D eigenvalue weighted by Crippen LogP contribution is 2.28. The van der Waals surface area contributed by atoms with Crippen molar-refractivity contribution in [1.29, 1.82) is 0 Å². The molecule has 0 heterocycles. The summed E-state index contributed by atoms with van der Waals surface area (Å²) in [5.41, 5.74) is 2.77. The number of carbonyl (C=O) groups excluding carboxylic acids is 1. The van der Waals surface area contributed by atoms with Gasteiger partial charge in [-0.15, -0.1) is 0 Å². The quantitative estimate of drug-likeness (QED) is 0.820. The molecular formula is C20H25NO4. The number of benzene rings is 2. The number of methoxy groups -OCH3 is 2. The summed E-state index contributed by atoms with van der Waals surface area (Å²) in [6, 6.07) is 11.2. The van der Waals surface area contributed by atoms with Crippen LogP contribution in [0.3, 0.4) is 0 Å². The second-order valence-electron chi connectivity index (χ2n) is 6.13. The van der Waals surface area contributed by atoms with Crippen LogP contribution in [0.5, 0.6) is 17.2 Å². The van der Waals surface area contributed by atoms with Crippen LogP contribution in [-0.2, 0) is 4.79 Å². The van der Waals surface area contributed by atoms with Gasteiger partial charge in [0.05, 0.1) is 14.2 Å². The van der Waals surface area contributed by atoms with E-state index in [2.05, 4.69) is 19.2 Å². The van der Waals surface area contributed by atoms with Crippen molar-refractivity contribution < 1.29 is 19.0 Å². The Bertz CT molecular complexity index is 718. The van der Waals surface area contributed by atoms with Gasteiger partial charge >= 0.3 is 0 Å². The van der Waals surface area contributed by atoms with Crippen LogP contribution < -0.4 is 19.5 Å². The highest BCUT2D eigenvalue weighted by atomic mass is 16.5. The summed E-state index contributed by atoms with van der Waals surface area (Å²) in [6.07, 6.45) is 0. The molecule has 0 saturated carbocycles. The minimum Gasteiger partial charge on any atom is -0.497 e. The molecule has 0 aromatic heterocycles. The highest BCUT2D eigenvalue weighted by molar-refractivity contribution is 5.92. The van der Waals surface area contributed by atoms with E-state index >= 15 is 0 Å². The summed E-state index contributed by atoms with van der Waals surface area (Å²) in [6.45, 7) is 6.13. The van der Waals surface area contributed by atoms with Crippen molar-refractivity contribution >= 4 is 11.6 Å². The lowest BCUT2D eigenvalue weighted by molar-refractivity contribution is -0.118. The lowest BCUT2D eigenvalue weighted by Gasteiger charge is -2.15. The molecule has 0 aliphatic rings. The van der Waals surface area contributed by atoms with Gasteiger partial charge < -0.3 is 19.5 Å². The molecule has 25 heavy (non-hydrogen) atoms. The number of aryl methyl sites for hydroxylation is 1. The fourth-order valence-electron chi connectivity index (χ4n) is 2.46. The number of ether oxygens (including phenoxy) is 3. The Hall–Kier alpha value is -2.69. The van der Waals surface area contributed by atoms with E-state index in [-0.39, 0.29) is 12.5 Å². The van der Waals surface area contributed by atoms with E-state index in [0.717, 1.165) is 16.9 Å². The Kier molecular flexibility index (Phi) is 6.28. The standard InChI is InChI=1S/C20H25NO4/c1-13(2)18-7-6-14(3)8-19(18)25-12-20(22)21-15-9-16(23-4)11-17(10-15)24-5/h6-11,13H,12H2,1-5H3,(H,21,22). The zero-order valence-corrected chi connectivity index (χ0v) is 15.4. The van der Waals surface area contributed by atoms with Crippen LogP contribution in [0.25, 0.3) is 0 Å². The summed E-state index contributed by atoms with van der Waals surface area (Å²) in [7, 11) is 3.13. The number of hydrogen-bond donors (Lipinski definition) is 1. The number of carbonyl (C=O) groups is 1. The average Bonchev–Trinajstić information content (AvgIpc) is 2.59. The molecule has 1 N–H and O–H groups in total. The molecule has 0 saturated heterocycles. The van der Waals surface area contributed by atoms with Gasteiger partial charge in [0.25, 0.3) is 5.91 Å². The summed E-state index contributed by atoms with van der Waals surface area (Å²) >= 11 is 0. The highest BCUT2D eigenvalue weighted by Gasteiger charge is 2.11. The minimum absolute atomic E-state index is 0.0668. The zero-order chi connectivity index (χ0) is 18.4. The van der Waals surface area contributed by atoms with Gasteiger partial charge in [-0.2, -0.15) is 0 Å². The van der Waals surface area contributed by atoms with Crippen molar-refractivity contribution in [1.82, 2.24) is 0 Å². The molecule has 134 valence electrons. The Balaban J connectivity index is 2.05. The van der Waals surface area contributed by atoms with Crippen molar-refractivity contribution in [2.75, 3.05) is 26.1 Å². The largest absolute Gasteiger partial charge is 0.497 e. The smallest absolute Gasteiger partial charge is 0.262 e. The van der Waals surface area contributed by atoms with E-state index in [4.69, 9.17) is 14.2 Å². The first-order valence-electron chi connectivity index (χ1n) is 8.19. The molecule has 2 rings (SSSR count). The maximum Gasteiger partial charge on any atom is 0.262 e. The molecule has 0 spiro atoms. The molecule has 1 amide bonds. The average molecular weight is 343 g/mol. The van der Waals surface area contributed by atoms with Crippen molar-refractivity contribution in [2.24, 2.45) is 0 Å². The molecule has 0 atom stereocenters. The summed E-state index contributed by atoms with van der Waals surface area (Å²) < 4.78 is 16.2. The number of anilines is 1. The molecule has 0 unspecified atom stereocenters. The SMILES string of the molecule is COc1cc(NC(=O)COc2cc(C)ccc2C(C)C)cc(OC)c1. The summed E-state index contributed by atoms with van der Waals surface area (Å²) in [5.74, 6) is 2.04. The van der Waals surface area contributed by atoms with Crippen molar-refractivity contribution in [2.45, 2.75) is 26.7 Å². The maximum absolute atomic E-state index is 12.2. The Morgan fingerprint density at radius 1 is 1.04 bits per heavy atom. The molecule has 2 aromatic carbocycles. The molecule has 0 fully saturated rings. The van der Waals surface area contributed by atoms with Crippen LogP contribution in [-0.4, -0.2) is 26.7 Å². The Morgan fingerprint density at radius 2 is 1.68 bits per heavy atom. The topological polar surface area (TPSA) is 56.8 Å². The molecule has 5 heteroatoms. The van der Waals surface area contributed by atoms with Crippen LogP contribution in [0.1, 0.15) is 30.9 Å². The third-order valence-corrected chi connectivity index (χ3v) is 3.79. The van der Waals surface area contributed by atoms with Gasteiger partial charge in [0.1, 0.15) is 17.2 Å². The Labute approximate surface area is 148 Å². The molecule has 0 aliphatic carbocycles. The van der Waals surface area contributed by atoms with Crippen LogP contribution in [0.15, 0.2) is 36.4 Å². The summed E-state index contributed by atoms with van der Waals surface area (Å²) in [5, 5.41) is 2.80. The second kappa shape index (κ2) is 8.42. The van der Waals surface area contributed by atoms with Crippen LogP contribution >= 0.6 is 0 Å². The molecule has 0 bridgehead atoms. The van der Waals surface area contributed by atoms with E-state index in [1.165, 1.54) is 0 Å². The minimum atomic E-state index is -0.244. The predicted octanol–water partition coefficient (Wildman–Crippen LogP) is 4.15. The van der Waals surface area contributed by atoms with E-state index in [1.54, 1.807) is 32.4 Å². The lowest BCUT2D eigenvalue weighted by Crippen LogP contribution is -2.20. The van der Waals surface area contributed by atoms with Gasteiger partial charge in [-0.05, 0) is 30.0 Å². The fourth-order valence-corrected chi connectivity index (χ4v) is 2.46. The van der Waals surface area contributed by atoms with Gasteiger partial charge in [0.15, 0.2) is 6.61 Å². The van der Waals surface area contributed by atoms with E-state index in [1.807, 2.05) is 25.1 Å². The molecule has 2 aromatic rings. The van der Waals surface area contributed by atoms with Crippen molar-refractivity contribution in [3.05, 3.63) is 47.5 Å². The van der Waals surface area contributed by atoms with E-state index in [9.17, 15) is 4.79 Å². The van der Waals surface area contributed by atoms with Crippen LogP contribution in [0, 0.1) is 6.92 Å². The van der Waals surface area contributed by atoms with Crippen LogP contribution in [0.4, 0.5) is 5.69 Å². The van der Waals surface area contributed by atoms with Crippen molar-refractivity contribution in [3.8, 4) is 17.2 Å². The molecule has 0 aliphatic heterocycles. The molecular weight excluding hydrogens is 318 g/mol. The third kappa shape index (κ3) is 5.14. The van der Waals surface area contributed by atoms with E-state index in [0.29, 0.717) is 23.1 Å². The third-order valence-electron chi connectivity index (χ3n) is 3.79. The van der Waals surface area contributed by atoms with Gasteiger partial charge in [0.2, 0.25) is 0 Å². The number of nitrogens with one attached hydrogen (secondary N) is 1. The number of hydrogen-bond acceptors (Lipinski definition) is 4. The van der Waals surface area contributed by atoms with Crippen LogP contribution in [0.2, 0.25) is 0 Å². The Morgan fingerprint density at radius 3 is 2.24 bits per heavy atom. The second-order valence-corrected chi connectivity index (χ2v) is 6.13. The van der Waals surface area contributed by atoms with Gasteiger partial charge in [-0.1, -0.05) is 26.0 Å². The maximum atomic E-state index is 12.2. The monoisotopic (exact) mass is 343 g/mol. The van der Waals surface area contributed by atoms with Crippen molar-refractivity contribution in [3.63, 3.8) is 0 Å². The fraction of sp³-hybridized carbons (Fsp3) is 0.350. The number of amides is 1. The van der Waals surface area contributed by atoms with Gasteiger partial charge in [-0.25, -0.2) is 0 Å². The first-order chi connectivity index (χ1) is 11.9.